The van der Waals surface area contributed by atoms with Crippen molar-refractivity contribution in [3.8, 4) is 0 Å². The molecule has 144 valence electrons. The molecule has 7 heteroatoms. The fourth-order valence-electron chi connectivity index (χ4n) is 3.56. The SMILES string of the molecule is CNC(=O)c1ccc(S(=O)(=O)N(CCCO)C2CCc3ccccc32)cc1. The molecule has 2 N–H and O–H groups in total. The first-order valence-corrected chi connectivity index (χ1v) is 10.5. The fraction of sp³-hybridized carbons (Fsp3) is 0.350. The van der Waals surface area contributed by atoms with E-state index in [0.29, 0.717) is 12.0 Å². The Kier molecular flexibility index (Phi) is 5.94. The molecular weight excluding hydrogens is 364 g/mol. The quantitative estimate of drug-likeness (QED) is 0.761. The third-order valence-electron chi connectivity index (χ3n) is 4.94. The molecule has 1 unspecified atom stereocenters. The Morgan fingerprint density at radius 2 is 1.89 bits per heavy atom. The second-order valence-corrected chi connectivity index (χ2v) is 8.44. The summed E-state index contributed by atoms with van der Waals surface area (Å²) in [5.74, 6) is -0.263. The maximum absolute atomic E-state index is 13.3. The Hall–Kier alpha value is -2.22. The number of sulfonamides is 1. The summed E-state index contributed by atoms with van der Waals surface area (Å²) in [6, 6.07) is 13.6. The third kappa shape index (κ3) is 3.90. The number of benzene rings is 2. The van der Waals surface area contributed by atoms with Gasteiger partial charge in [0.25, 0.3) is 5.91 Å². The van der Waals surface area contributed by atoms with Crippen LogP contribution in [0.4, 0.5) is 0 Å². The highest BCUT2D eigenvalue weighted by Gasteiger charge is 2.35. The second kappa shape index (κ2) is 8.21. The van der Waals surface area contributed by atoms with Gasteiger partial charge in [0.15, 0.2) is 0 Å². The van der Waals surface area contributed by atoms with Gasteiger partial charge in [-0.2, -0.15) is 4.31 Å². The van der Waals surface area contributed by atoms with Gasteiger partial charge in [0.05, 0.1) is 10.9 Å². The lowest BCUT2D eigenvalue weighted by molar-refractivity contribution is 0.0963. The van der Waals surface area contributed by atoms with Gasteiger partial charge in [0.2, 0.25) is 10.0 Å². The molecule has 1 atom stereocenters. The monoisotopic (exact) mass is 388 g/mol. The number of amides is 1. The number of aryl methyl sites for hydroxylation is 1. The predicted octanol–water partition coefficient (Wildman–Crippen LogP) is 2.11. The topological polar surface area (TPSA) is 86.7 Å². The molecule has 2 aromatic rings. The Morgan fingerprint density at radius 1 is 1.19 bits per heavy atom. The summed E-state index contributed by atoms with van der Waals surface area (Å²) < 4.78 is 28.1. The smallest absolute Gasteiger partial charge is 0.251 e. The highest BCUT2D eigenvalue weighted by Crippen LogP contribution is 2.38. The average molecular weight is 388 g/mol. The van der Waals surface area contributed by atoms with E-state index in [1.165, 1.54) is 41.2 Å². The number of aliphatic hydroxyl groups excluding tert-OH is 1. The van der Waals surface area contributed by atoms with E-state index in [9.17, 15) is 18.3 Å². The largest absolute Gasteiger partial charge is 0.396 e. The first-order valence-electron chi connectivity index (χ1n) is 9.01. The molecule has 0 saturated carbocycles. The van der Waals surface area contributed by atoms with Gasteiger partial charge in [0, 0.05) is 25.8 Å². The average Bonchev–Trinajstić information content (AvgIpc) is 3.11. The lowest BCUT2D eigenvalue weighted by Crippen LogP contribution is -2.35. The van der Waals surface area contributed by atoms with Crippen LogP contribution in [0.2, 0.25) is 0 Å². The van der Waals surface area contributed by atoms with Gasteiger partial charge >= 0.3 is 0 Å². The minimum Gasteiger partial charge on any atom is -0.396 e. The van der Waals surface area contributed by atoms with E-state index in [-0.39, 0.29) is 30.0 Å². The number of rotatable bonds is 7. The number of aliphatic hydroxyl groups is 1. The van der Waals surface area contributed by atoms with E-state index in [1.54, 1.807) is 0 Å². The number of fused-ring (bicyclic) bond motifs is 1. The number of hydrogen-bond acceptors (Lipinski definition) is 4. The summed E-state index contributed by atoms with van der Waals surface area (Å²) in [5, 5.41) is 11.8. The van der Waals surface area contributed by atoms with Crippen LogP contribution >= 0.6 is 0 Å². The van der Waals surface area contributed by atoms with Crippen molar-refractivity contribution in [1.29, 1.82) is 0 Å². The second-order valence-electron chi connectivity index (χ2n) is 6.55. The van der Waals surface area contributed by atoms with E-state index in [0.717, 1.165) is 18.4 Å². The van der Waals surface area contributed by atoms with Crippen LogP contribution in [0.1, 0.15) is 40.4 Å². The van der Waals surface area contributed by atoms with Crippen LogP contribution in [-0.2, 0) is 16.4 Å². The lowest BCUT2D eigenvalue weighted by atomic mass is 10.1. The van der Waals surface area contributed by atoms with Gasteiger partial charge < -0.3 is 10.4 Å². The third-order valence-corrected chi connectivity index (χ3v) is 6.86. The zero-order valence-corrected chi connectivity index (χ0v) is 16.1. The van der Waals surface area contributed by atoms with Crippen LogP contribution in [0, 0.1) is 0 Å². The predicted molar refractivity (Wildman–Crippen MR) is 103 cm³/mol. The van der Waals surface area contributed by atoms with Gasteiger partial charge in [0.1, 0.15) is 0 Å². The molecular formula is C20H24N2O4S. The van der Waals surface area contributed by atoms with Crippen LogP contribution < -0.4 is 5.32 Å². The Bertz CT molecular complexity index is 910. The number of carbonyl (C=O) groups is 1. The zero-order chi connectivity index (χ0) is 19.4. The number of carbonyl (C=O) groups excluding carboxylic acids is 1. The summed E-state index contributed by atoms with van der Waals surface area (Å²) in [6.07, 6.45) is 1.93. The minimum atomic E-state index is -3.76. The maximum atomic E-state index is 13.3. The molecule has 0 radical (unpaired) electrons. The van der Waals surface area contributed by atoms with Crippen LogP contribution in [0.15, 0.2) is 53.4 Å². The fourth-order valence-corrected chi connectivity index (χ4v) is 5.24. The van der Waals surface area contributed by atoms with Crippen LogP contribution in [0.25, 0.3) is 0 Å². The van der Waals surface area contributed by atoms with Crippen LogP contribution in [-0.4, -0.2) is 43.9 Å². The van der Waals surface area contributed by atoms with Crippen molar-refractivity contribution in [3.63, 3.8) is 0 Å². The minimum absolute atomic E-state index is 0.0734. The first-order chi connectivity index (χ1) is 13.0. The molecule has 0 saturated heterocycles. The van der Waals surface area contributed by atoms with E-state index in [2.05, 4.69) is 5.32 Å². The summed E-state index contributed by atoms with van der Waals surface area (Å²) >= 11 is 0. The zero-order valence-electron chi connectivity index (χ0n) is 15.3. The van der Waals surface area contributed by atoms with E-state index in [1.807, 2.05) is 24.3 Å². The summed E-state index contributed by atoms with van der Waals surface area (Å²) in [4.78, 5) is 11.8. The van der Waals surface area contributed by atoms with Crippen LogP contribution in [0.5, 0.6) is 0 Å². The molecule has 2 aromatic carbocycles. The molecule has 27 heavy (non-hydrogen) atoms. The molecule has 0 aromatic heterocycles. The van der Waals surface area contributed by atoms with Gasteiger partial charge in [-0.05, 0) is 54.7 Å². The molecule has 1 aliphatic rings. The normalized spacial score (nSPS) is 16.3. The maximum Gasteiger partial charge on any atom is 0.251 e. The molecule has 6 nitrogen and oxygen atoms in total. The van der Waals surface area contributed by atoms with Gasteiger partial charge in [-0.25, -0.2) is 8.42 Å². The van der Waals surface area contributed by atoms with Crippen LogP contribution in [0.3, 0.4) is 0 Å². The molecule has 0 aliphatic heterocycles. The first kappa shape index (κ1) is 19.5. The lowest BCUT2D eigenvalue weighted by Gasteiger charge is -2.29. The summed E-state index contributed by atoms with van der Waals surface area (Å²) in [6.45, 7) is 0.172. The molecule has 0 bridgehead atoms. The number of hydrogen-bond donors (Lipinski definition) is 2. The van der Waals surface area contributed by atoms with Gasteiger partial charge in [-0.1, -0.05) is 24.3 Å². The van der Waals surface area contributed by atoms with Crippen molar-refractivity contribution in [2.45, 2.75) is 30.2 Å². The van der Waals surface area contributed by atoms with Crippen molar-refractivity contribution in [3.05, 3.63) is 65.2 Å². The number of nitrogens with one attached hydrogen (secondary N) is 1. The van der Waals surface area contributed by atoms with E-state index >= 15 is 0 Å². The molecule has 3 rings (SSSR count). The van der Waals surface area contributed by atoms with Gasteiger partial charge in [-0.15, -0.1) is 0 Å². The van der Waals surface area contributed by atoms with Gasteiger partial charge in [-0.3, -0.25) is 4.79 Å². The Balaban J connectivity index is 1.96. The summed E-state index contributed by atoms with van der Waals surface area (Å²) in [7, 11) is -2.23. The Morgan fingerprint density at radius 3 is 2.56 bits per heavy atom. The standard InChI is InChI=1S/C20H24N2O4S/c1-21-20(24)16-7-10-17(11-8-16)27(25,26)22(13-4-14-23)19-12-9-15-5-2-3-6-18(15)19/h2-3,5-8,10-11,19,23H,4,9,12-14H2,1H3,(H,21,24). The van der Waals surface area contributed by atoms with E-state index < -0.39 is 10.0 Å². The van der Waals surface area contributed by atoms with Crippen molar-refractivity contribution >= 4 is 15.9 Å². The molecule has 1 amide bonds. The van der Waals surface area contributed by atoms with E-state index in [4.69, 9.17) is 0 Å². The van der Waals surface area contributed by atoms with Crippen molar-refractivity contribution in [2.75, 3.05) is 20.2 Å². The highest BCUT2D eigenvalue weighted by molar-refractivity contribution is 7.89. The molecule has 0 spiro atoms. The van der Waals surface area contributed by atoms with Crippen molar-refractivity contribution < 1.29 is 18.3 Å². The highest BCUT2D eigenvalue weighted by atomic mass is 32.2. The van der Waals surface area contributed by atoms with Crippen molar-refractivity contribution in [1.82, 2.24) is 9.62 Å². The van der Waals surface area contributed by atoms with Crippen molar-refractivity contribution in [2.24, 2.45) is 0 Å². The Labute approximate surface area is 159 Å². The molecule has 0 heterocycles. The molecule has 0 fully saturated rings. The molecule has 1 aliphatic carbocycles. The number of nitrogens with zero attached hydrogens (tertiary/aromatic N) is 1. The summed E-state index contributed by atoms with van der Waals surface area (Å²) in [5.41, 5.74) is 2.60.